The van der Waals surface area contributed by atoms with Crippen LogP contribution in [-0.2, 0) is 10.8 Å². The quantitative estimate of drug-likeness (QED) is 0.144. The summed E-state index contributed by atoms with van der Waals surface area (Å²) < 4.78 is 37.1. The molecule has 0 N–H and O–H groups in total. The van der Waals surface area contributed by atoms with Crippen LogP contribution in [0.3, 0.4) is 0 Å². The maximum absolute atomic E-state index is 9.45. The summed E-state index contributed by atoms with van der Waals surface area (Å²) in [5, 5.41) is 2.10. The Morgan fingerprint density at radius 1 is 0.466 bits per heavy atom. The van der Waals surface area contributed by atoms with Crippen LogP contribution in [0.5, 0.6) is 11.5 Å². The zero-order valence-corrected chi connectivity index (χ0v) is 42.1. The highest BCUT2D eigenvalue weighted by molar-refractivity contribution is 6.11. The molecule has 0 fully saturated rings. The molecule has 1 aliphatic heterocycles. The van der Waals surface area contributed by atoms with Crippen LogP contribution < -0.4 is 14.5 Å². The predicted octanol–water partition coefficient (Wildman–Crippen LogP) is 18.5. The number of pyridine rings is 1. The van der Waals surface area contributed by atoms with Gasteiger partial charge in [-0.25, -0.2) is 4.98 Å². The second-order valence-electron chi connectivity index (χ2n) is 21.1. The van der Waals surface area contributed by atoms with Crippen LogP contribution in [0.15, 0.2) is 231 Å². The SMILES string of the molecule is [2H]c1c(Oc2ccc3c4cc(-c5ccc(C(C)(C)C)cc5)ccc4n(-c4cc(C(C)(C)C)c(-c5ccccc5)cn4)c3c2)cc(N2CN(c3c(-c4ccccc4)cccc3-c3ccccc3)c3ccccc32)c([2H])c1[2H]. The number of nitrogens with zero attached hydrogens (tertiary/aromatic N) is 4. The third-order valence-electron chi connectivity index (χ3n) is 14.2. The molecule has 0 radical (unpaired) electrons. The lowest BCUT2D eigenvalue weighted by atomic mass is 9.82. The Balaban J connectivity index is 0.981. The topological polar surface area (TPSA) is 33.5 Å². The van der Waals surface area contributed by atoms with Gasteiger partial charge in [0.2, 0.25) is 0 Å². The van der Waals surface area contributed by atoms with Crippen LogP contribution in [0, 0.1) is 0 Å². The summed E-state index contributed by atoms with van der Waals surface area (Å²) in [5.41, 5.74) is 16.3. The fraction of sp³-hybridized carbons (Fsp3) is 0.132. The number of benzene rings is 9. The highest BCUT2D eigenvalue weighted by Gasteiger charge is 2.32. The molecule has 3 heterocycles. The Morgan fingerprint density at radius 3 is 1.70 bits per heavy atom. The largest absolute Gasteiger partial charge is 0.457 e. The van der Waals surface area contributed by atoms with E-state index in [1.807, 2.05) is 48.7 Å². The van der Waals surface area contributed by atoms with E-state index in [1.165, 1.54) is 11.1 Å². The molecule has 356 valence electrons. The third-order valence-corrected chi connectivity index (χ3v) is 14.2. The molecule has 0 spiro atoms. The van der Waals surface area contributed by atoms with E-state index >= 15 is 0 Å². The van der Waals surface area contributed by atoms with Crippen LogP contribution in [0.2, 0.25) is 0 Å². The molecule has 5 heteroatoms. The highest BCUT2D eigenvalue weighted by atomic mass is 16.5. The number of rotatable bonds is 9. The molecular weight excluding hydrogens is 889 g/mol. The summed E-state index contributed by atoms with van der Waals surface area (Å²) in [6.45, 7) is 13.8. The van der Waals surface area contributed by atoms with Gasteiger partial charge in [0.15, 0.2) is 0 Å². The molecule has 5 nitrogen and oxygen atoms in total. The van der Waals surface area contributed by atoms with Gasteiger partial charge < -0.3 is 14.5 Å². The van der Waals surface area contributed by atoms with Crippen molar-refractivity contribution in [2.45, 2.75) is 52.4 Å². The normalized spacial score (nSPS) is 13.3. The molecule has 9 aromatic carbocycles. The lowest BCUT2D eigenvalue weighted by molar-refractivity contribution is 0.483. The second-order valence-corrected chi connectivity index (χ2v) is 21.1. The first-order valence-electron chi connectivity index (χ1n) is 26.6. The maximum atomic E-state index is 9.45. The van der Waals surface area contributed by atoms with Gasteiger partial charge in [0, 0.05) is 51.5 Å². The van der Waals surface area contributed by atoms with Gasteiger partial charge in [-0.2, -0.15) is 0 Å². The molecule has 0 bridgehead atoms. The van der Waals surface area contributed by atoms with E-state index < -0.39 is 0 Å². The fourth-order valence-electron chi connectivity index (χ4n) is 10.5. The Morgan fingerprint density at radius 2 is 1.07 bits per heavy atom. The standard InChI is InChI=1S/C68H58N4O/c1-67(2,3)51-35-32-46(33-36-51)50-34-39-61-58(40-50)57-38-37-54(42-64(57)72(61)65-43-60(68(4,5)6)59(44-69-65)49-24-14-9-15-25-49)73-53-27-18-26-52(41-53)70-45-71(63-31-17-16-30-62(63)70)66-55(47-20-10-7-11-21-47)28-19-29-56(66)48-22-12-8-13-23-48/h7-44H,45H2,1-6H3/i18D,26D,27D. The average molecular weight is 950 g/mol. The van der Waals surface area contributed by atoms with Crippen molar-refractivity contribution in [2.75, 3.05) is 16.5 Å². The van der Waals surface area contributed by atoms with Crippen molar-refractivity contribution >= 4 is 44.6 Å². The van der Waals surface area contributed by atoms with Crippen LogP contribution in [0.25, 0.3) is 72.1 Å². The van der Waals surface area contributed by atoms with Crippen molar-refractivity contribution in [3.8, 4) is 61.8 Å². The van der Waals surface area contributed by atoms with Gasteiger partial charge in [0.25, 0.3) is 0 Å². The van der Waals surface area contributed by atoms with Gasteiger partial charge in [0.1, 0.15) is 24.0 Å². The minimum absolute atomic E-state index is 0.0437. The molecule has 0 amide bonds. The summed E-state index contributed by atoms with van der Waals surface area (Å²) in [6.07, 6.45) is 2.00. The number of hydrogen-bond donors (Lipinski definition) is 0. The lowest BCUT2D eigenvalue weighted by Crippen LogP contribution is -2.24. The zero-order chi connectivity index (χ0) is 52.5. The number of para-hydroxylation sites is 3. The molecular formula is C68H58N4O. The van der Waals surface area contributed by atoms with E-state index in [1.54, 1.807) is 6.07 Å². The molecule has 0 unspecified atom stereocenters. The molecule has 11 aromatic rings. The van der Waals surface area contributed by atoms with E-state index in [4.69, 9.17) is 9.72 Å². The van der Waals surface area contributed by atoms with E-state index in [9.17, 15) is 4.11 Å². The van der Waals surface area contributed by atoms with Crippen LogP contribution in [-0.4, -0.2) is 16.2 Å². The monoisotopic (exact) mass is 949 g/mol. The third kappa shape index (κ3) is 8.51. The van der Waals surface area contributed by atoms with E-state index in [0.717, 1.165) is 89.2 Å². The first-order chi connectivity index (χ1) is 36.7. The summed E-state index contributed by atoms with van der Waals surface area (Å²) in [6, 6.07) is 71.2. The van der Waals surface area contributed by atoms with Crippen molar-refractivity contribution in [3.05, 3.63) is 242 Å². The summed E-state index contributed by atoms with van der Waals surface area (Å²) in [4.78, 5) is 9.60. The van der Waals surface area contributed by atoms with Gasteiger partial charge in [0.05, 0.1) is 32.2 Å². The Kier molecular flexibility index (Phi) is 10.5. The average Bonchev–Trinajstić information content (AvgIpc) is 4.08. The molecule has 0 saturated heterocycles. The molecule has 0 atom stereocenters. The Hall–Kier alpha value is -8.67. The lowest BCUT2D eigenvalue weighted by Gasteiger charge is -2.27. The number of anilines is 4. The van der Waals surface area contributed by atoms with E-state index in [0.29, 0.717) is 18.1 Å². The predicted molar refractivity (Wildman–Crippen MR) is 306 cm³/mol. The molecule has 0 aliphatic carbocycles. The van der Waals surface area contributed by atoms with Crippen LogP contribution >= 0.6 is 0 Å². The summed E-state index contributed by atoms with van der Waals surface area (Å²) in [7, 11) is 0. The number of aromatic nitrogens is 2. The van der Waals surface area contributed by atoms with Gasteiger partial charge in [-0.1, -0.05) is 199 Å². The summed E-state index contributed by atoms with van der Waals surface area (Å²) in [5.74, 6) is 1.46. The maximum Gasteiger partial charge on any atom is 0.137 e. The van der Waals surface area contributed by atoms with Crippen LogP contribution in [0.1, 0.15) is 56.8 Å². The van der Waals surface area contributed by atoms with E-state index in [2.05, 4.69) is 214 Å². The summed E-state index contributed by atoms with van der Waals surface area (Å²) >= 11 is 0. The molecule has 1 aliphatic rings. The van der Waals surface area contributed by atoms with Crippen molar-refractivity contribution in [2.24, 2.45) is 0 Å². The van der Waals surface area contributed by atoms with Crippen molar-refractivity contribution in [3.63, 3.8) is 0 Å². The molecule has 2 aromatic heterocycles. The van der Waals surface area contributed by atoms with Gasteiger partial charge in [-0.3, -0.25) is 4.57 Å². The smallest absolute Gasteiger partial charge is 0.137 e. The molecule has 12 rings (SSSR count). The minimum atomic E-state index is -0.214. The molecule has 73 heavy (non-hydrogen) atoms. The molecule has 0 saturated carbocycles. The van der Waals surface area contributed by atoms with Gasteiger partial charge in [-0.15, -0.1) is 0 Å². The highest BCUT2D eigenvalue weighted by Crippen LogP contribution is 2.50. The first kappa shape index (κ1) is 42.1. The number of fused-ring (bicyclic) bond motifs is 4. The minimum Gasteiger partial charge on any atom is -0.457 e. The zero-order valence-electron chi connectivity index (χ0n) is 45.1. The second kappa shape index (κ2) is 18.2. The van der Waals surface area contributed by atoms with Gasteiger partial charge >= 0.3 is 0 Å². The fourth-order valence-corrected chi connectivity index (χ4v) is 10.5. The van der Waals surface area contributed by atoms with Crippen molar-refractivity contribution < 1.29 is 8.85 Å². The number of ether oxygens (including phenoxy) is 1. The first-order valence-corrected chi connectivity index (χ1v) is 25.1. The van der Waals surface area contributed by atoms with E-state index in [-0.39, 0.29) is 34.7 Å². The van der Waals surface area contributed by atoms with Crippen molar-refractivity contribution in [1.82, 2.24) is 9.55 Å². The Labute approximate surface area is 433 Å². The van der Waals surface area contributed by atoms with Gasteiger partial charge in [-0.05, 0) is 104 Å². The van der Waals surface area contributed by atoms with Crippen LogP contribution in [0.4, 0.5) is 22.7 Å². The van der Waals surface area contributed by atoms with Crippen molar-refractivity contribution in [1.29, 1.82) is 0 Å². The Bertz CT molecular complexity index is 3930. The number of hydrogen-bond acceptors (Lipinski definition) is 4.